The van der Waals surface area contributed by atoms with Gasteiger partial charge in [0.1, 0.15) is 12.4 Å². The maximum atomic E-state index is 11.5. The maximum Gasteiger partial charge on any atom is 0.411 e. The van der Waals surface area contributed by atoms with Crippen molar-refractivity contribution in [3.05, 3.63) is 66.9 Å². The highest BCUT2D eigenvalue weighted by molar-refractivity contribution is 5.94. The normalized spacial score (nSPS) is 13.1. The summed E-state index contributed by atoms with van der Waals surface area (Å²) in [4.78, 5) is 19.5. The smallest absolute Gasteiger partial charge is 0.411 e. The number of nitrogens with two attached hydrogens (primary N) is 1. The summed E-state index contributed by atoms with van der Waals surface area (Å²) >= 11 is 0. The van der Waals surface area contributed by atoms with Crippen LogP contribution in [-0.4, -0.2) is 42.4 Å². The van der Waals surface area contributed by atoms with Gasteiger partial charge < -0.3 is 20.5 Å². The first-order chi connectivity index (χ1) is 14.2. The van der Waals surface area contributed by atoms with Crippen LogP contribution in [0.3, 0.4) is 0 Å². The second-order valence-corrected chi connectivity index (χ2v) is 6.64. The molecule has 1 amide bonds. The van der Waals surface area contributed by atoms with Crippen LogP contribution in [0.1, 0.15) is 0 Å². The summed E-state index contributed by atoms with van der Waals surface area (Å²) in [5.41, 5.74) is 9.89. The van der Waals surface area contributed by atoms with Gasteiger partial charge in [-0.2, -0.15) is 0 Å². The van der Waals surface area contributed by atoms with Crippen LogP contribution in [-0.2, 0) is 0 Å². The highest BCUT2D eigenvalue weighted by atomic mass is 16.5. The lowest BCUT2D eigenvalue weighted by Gasteiger charge is -2.36. The number of nitrogens with zero attached hydrogens (tertiary/aromatic N) is 3. The lowest BCUT2D eigenvalue weighted by atomic mass is 10.1. The first-order valence-corrected chi connectivity index (χ1v) is 9.44. The van der Waals surface area contributed by atoms with E-state index in [4.69, 9.17) is 10.5 Å². The van der Waals surface area contributed by atoms with E-state index in [0.29, 0.717) is 37.7 Å². The summed E-state index contributed by atoms with van der Waals surface area (Å²) in [7, 11) is 0. The second kappa shape index (κ2) is 8.20. The SMILES string of the molecule is NCCOc1ccc(-c2ccc(N3CCN(C(=O)O)c4ccccc43)cc2)nc1. The standard InChI is InChI=1S/C22H22N4O3/c23-11-14-29-18-9-10-19(24-15-18)16-5-7-17(8-6-16)25-12-13-26(22(27)28)21-4-2-1-3-20(21)25/h1-10,15H,11-14,23H2,(H,27,28). The fourth-order valence-corrected chi connectivity index (χ4v) is 3.45. The highest BCUT2D eigenvalue weighted by Gasteiger charge is 2.26. The van der Waals surface area contributed by atoms with Crippen LogP contribution < -0.4 is 20.3 Å². The van der Waals surface area contributed by atoms with Gasteiger partial charge in [-0.05, 0) is 36.4 Å². The van der Waals surface area contributed by atoms with E-state index in [9.17, 15) is 9.90 Å². The zero-order chi connectivity index (χ0) is 20.2. The van der Waals surface area contributed by atoms with E-state index in [2.05, 4.69) is 9.88 Å². The number of carboxylic acid groups (broad SMARTS) is 1. The van der Waals surface area contributed by atoms with Crippen molar-refractivity contribution >= 4 is 23.2 Å². The molecule has 7 nitrogen and oxygen atoms in total. The van der Waals surface area contributed by atoms with Gasteiger partial charge in [0.05, 0.1) is 23.3 Å². The molecule has 0 radical (unpaired) electrons. The molecule has 7 heteroatoms. The Bertz CT molecular complexity index is 990. The number of pyridine rings is 1. The third-order valence-corrected chi connectivity index (χ3v) is 4.84. The van der Waals surface area contributed by atoms with Gasteiger partial charge in [-0.25, -0.2) is 4.79 Å². The Kier molecular flexibility index (Phi) is 5.31. The van der Waals surface area contributed by atoms with Crippen molar-refractivity contribution in [1.82, 2.24) is 4.98 Å². The van der Waals surface area contributed by atoms with Crippen LogP contribution in [0.15, 0.2) is 66.9 Å². The molecular formula is C22H22N4O3. The molecule has 4 rings (SSSR count). The van der Waals surface area contributed by atoms with Gasteiger partial charge in [0.25, 0.3) is 0 Å². The Morgan fingerprint density at radius 3 is 2.45 bits per heavy atom. The minimum atomic E-state index is -0.933. The molecule has 0 fully saturated rings. The molecule has 0 unspecified atom stereocenters. The molecule has 1 aliphatic heterocycles. The van der Waals surface area contributed by atoms with Crippen molar-refractivity contribution in [2.75, 3.05) is 36.0 Å². The summed E-state index contributed by atoms with van der Waals surface area (Å²) in [6.45, 7) is 1.94. The Morgan fingerprint density at radius 1 is 1.03 bits per heavy atom. The topological polar surface area (TPSA) is 91.9 Å². The lowest BCUT2D eigenvalue weighted by molar-refractivity contribution is 0.201. The molecule has 148 valence electrons. The molecule has 0 saturated heterocycles. The molecule has 0 bridgehead atoms. The molecule has 3 N–H and O–H groups in total. The Morgan fingerprint density at radius 2 is 1.79 bits per heavy atom. The fourth-order valence-electron chi connectivity index (χ4n) is 3.45. The van der Waals surface area contributed by atoms with Crippen molar-refractivity contribution < 1.29 is 14.6 Å². The number of anilines is 3. The van der Waals surface area contributed by atoms with Gasteiger partial charge in [-0.1, -0.05) is 24.3 Å². The molecule has 0 saturated carbocycles. The van der Waals surface area contributed by atoms with Gasteiger partial charge in [0, 0.05) is 30.9 Å². The Labute approximate surface area is 169 Å². The third-order valence-electron chi connectivity index (χ3n) is 4.84. The predicted molar refractivity (Wildman–Crippen MR) is 113 cm³/mol. The summed E-state index contributed by atoms with van der Waals surface area (Å²) in [6, 6.07) is 19.5. The van der Waals surface area contributed by atoms with E-state index in [-0.39, 0.29) is 0 Å². The van der Waals surface area contributed by atoms with Crippen molar-refractivity contribution in [1.29, 1.82) is 0 Å². The summed E-state index contributed by atoms with van der Waals surface area (Å²) in [5.74, 6) is 0.698. The molecule has 1 aliphatic rings. The minimum Gasteiger partial charge on any atom is -0.491 e. The zero-order valence-corrected chi connectivity index (χ0v) is 15.9. The molecule has 2 heterocycles. The fraction of sp³-hybridized carbons (Fsp3) is 0.182. The van der Waals surface area contributed by atoms with E-state index in [1.54, 1.807) is 6.20 Å². The first-order valence-electron chi connectivity index (χ1n) is 9.44. The number of carbonyl (C=O) groups is 1. The summed E-state index contributed by atoms with van der Waals surface area (Å²) in [6.07, 6.45) is 0.762. The first kappa shape index (κ1) is 18.8. The van der Waals surface area contributed by atoms with Crippen molar-refractivity contribution in [3.8, 4) is 17.0 Å². The Hall–Kier alpha value is -3.58. The number of fused-ring (bicyclic) bond motifs is 1. The zero-order valence-electron chi connectivity index (χ0n) is 15.9. The molecule has 0 aliphatic carbocycles. The number of aromatic nitrogens is 1. The van der Waals surface area contributed by atoms with Crippen LogP contribution in [0, 0.1) is 0 Å². The highest BCUT2D eigenvalue weighted by Crippen LogP contribution is 2.38. The number of benzene rings is 2. The van der Waals surface area contributed by atoms with E-state index in [1.807, 2.05) is 60.7 Å². The van der Waals surface area contributed by atoms with Gasteiger partial charge >= 0.3 is 6.09 Å². The van der Waals surface area contributed by atoms with Gasteiger partial charge in [-0.3, -0.25) is 9.88 Å². The number of amides is 1. The molecule has 0 spiro atoms. The van der Waals surface area contributed by atoms with Crippen molar-refractivity contribution in [3.63, 3.8) is 0 Å². The molecule has 1 aromatic heterocycles. The van der Waals surface area contributed by atoms with Gasteiger partial charge in [-0.15, -0.1) is 0 Å². The Balaban J connectivity index is 1.56. The van der Waals surface area contributed by atoms with E-state index >= 15 is 0 Å². The predicted octanol–water partition coefficient (Wildman–Crippen LogP) is 3.72. The van der Waals surface area contributed by atoms with Crippen LogP contribution in [0.2, 0.25) is 0 Å². The number of para-hydroxylation sites is 2. The third kappa shape index (κ3) is 3.86. The number of ether oxygens (including phenoxy) is 1. The number of hydrogen-bond donors (Lipinski definition) is 2. The molecular weight excluding hydrogens is 368 g/mol. The maximum absolute atomic E-state index is 11.5. The number of hydrogen-bond acceptors (Lipinski definition) is 5. The summed E-state index contributed by atoms with van der Waals surface area (Å²) in [5, 5.41) is 9.46. The molecule has 0 atom stereocenters. The molecule has 2 aromatic carbocycles. The minimum absolute atomic E-state index is 0.417. The molecule has 29 heavy (non-hydrogen) atoms. The van der Waals surface area contributed by atoms with E-state index in [0.717, 1.165) is 22.6 Å². The average Bonchev–Trinajstić information content (AvgIpc) is 2.77. The molecule has 3 aromatic rings. The quantitative estimate of drug-likeness (QED) is 0.690. The van der Waals surface area contributed by atoms with Crippen LogP contribution in [0.5, 0.6) is 5.75 Å². The second-order valence-electron chi connectivity index (χ2n) is 6.64. The largest absolute Gasteiger partial charge is 0.491 e. The van der Waals surface area contributed by atoms with E-state index < -0.39 is 6.09 Å². The van der Waals surface area contributed by atoms with Gasteiger partial charge in [0.2, 0.25) is 0 Å². The van der Waals surface area contributed by atoms with Crippen LogP contribution in [0.4, 0.5) is 21.9 Å². The van der Waals surface area contributed by atoms with Crippen molar-refractivity contribution in [2.45, 2.75) is 0 Å². The summed E-state index contributed by atoms with van der Waals surface area (Å²) < 4.78 is 5.46. The lowest BCUT2D eigenvalue weighted by Crippen LogP contribution is -2.41. The van der Waals surface area contributed by atoms with Gasteiger partial charge in [0.15, 0.2) is 0 Å². The van der Waals surface area contributed by atoms with E-state index in [1.165, 1.54) is 4.90 Å². The average molecular weight is 390 g/mol. The van der Waals surface area contributed by atoms with Crippen LogP contribution in [0.25, 0.3) is 11.3 Å². The monoisotopic (exact) mass is 390 g/mol. The van der Waals surface area contributed by atoms with Crippen LogP contribution >= 0.6 is 0 Å². The number of rotatable bonds is 5. The van der Waals surface area contributed by atoms with Crippen molar-refractivity contribution in [2.24, 2.45) is 5.73 Å².